The van der Waals surface area contributed by atoms with E-state index in [9.17, 15) is 9.50 Å². The van der Waals surface area contributed by atoms with E-state index in [0.29, 0.717) is 18.1 Å². The molecule has 0 bridgehead atoms. The third-order valence-corrected chi connectivity index (χ3v) is 6.54. The quantitative estimate of drug-likeness (QED) is 0.458. The standard InChI is InChI=1S/C23H28FN3O2S/c1-25-23-26-20-19(30-23)15-16(22(28)21(20)27-12-4-2-5-13-27)7-3-6-14-29-18-10-8-17(24)9-11-18/h8-11,15,28H,2-7,12-14H2,1H3,(H,25,26). The maximum Gasteiger partial charge on any atom is 0.183 e. The number of unbranched alkanes of at least 4 members (excludes halogenated alkanes) is 1. The summed E-state index contributed by atoms with van der Waals surface area (Å²) in [7, 11) is 1.88. The molecule has 0 unspecified atom stereocenters. The second-order valence-electron chi connectivity index (χ2n) is 7.66. The van der Waals surface area contributed by atoms with E-state index in [1.165, 1.54) is 18.6 Å². The van der Waals surface area contributed by atoms with Gasteiger partial charge in [0.15, 0.2) is 5.13 Å². The highest BCUT2D eigenvalue weighted by Gasteiger charge is 2.22. The summed E-state index contributed by atoms with van der Waals surface area (Å²) >= 11 is 1.63. The molecule has 1 aliphatic heterocycles. The summed E-state index contributed by atoms with van der Waals surface area (Å²) in [5, 5.41) is 15.1. The predicted octanol–water partition coefficient (Wildman–Crippen LogP) is 5.57. The van der Waals surface area contributed by atoms with Gasteiger partial charge < -0.3 is 20.1 Å². The fourth-order valence-corrected chi connectivity index (χ4v) is 4.83. The van der Waals surface area contributed by atoms with Gasteiger partial charge in [0.05, 0.1) is 11.3 Å². The van der Waals surface area contributed by atoms with Crippen molar-refractivity contribution in [1.82, 2.24) is 4.98 Å². The van der Waals surface area contributed by atoms with E-state index < -0.39 is 0 Å². The number of benzene rings is 2. The maximum absolute atomic E-state index is 13.0. The normalized spacial score (nSPS) is 14.3. The lowest BCUT2D eigenvalue weighted by atomic mass is 10.0. The lowest BCUT2D eigenvalue weighted by Crippen LogP contribution is -2.29. The van der Waals surface area contributed by atoms with Crippen LogP contribution >= 0.6 is 11.3 Å². The number of nitrogens with zero attached hydrogens (tertiary/aromatic N) is 2. The minimum absolute atomic E-state index is 0.262. The Bertz CT molecular complexity index is 984. The molecular weight excluding hydrogens is 401 g/mol. The second-order valence-corrected chi connectivity index (χ2v) is 8.69. The number of fused-ring (bicyclic) bond motifs is 1. The molecule has 3 aromatic rings. The number of aryl methyl sites for hydroxylation is 1. The van der Waals surface area contributed by atoms with Gasteiger partial charge in [-0.3, -0.25) is 0 Å². The summed E-state index contributed by atoms with van der Waals surface area (Å²) in [6.07, 6.45) is 6.08. The number of hydrogen-bond acceptors (Lipinski definition) is 6. The number of phenolic OH excluding ortho intramolecular Hbond substituents is 1. The SMILES string of the molecule is CNc1nc2c(N3CCCCC3)c(O)c(CCCCOc3ccc(F)cc3)cc2s1. The molecule has 0 spiro atoms. The van der Waals surface area contributed by atoms with Gasteiger partial charge in [0.2, 0.25) is 0 Å². The van der Waals surface area contributed by atoms with Crippen molar-refractivity contribution < 1.29 is 14.2 Å². The molecule has 0 atom stereocenters. The Morgan fingerprint density at radius 2 is 1.93 bits per heavy atom. The smallest absolute Gasteiger partial charge is 0.183 e. The van der Waals surface area contributed by atoms with E-state index in [4.69, 9.17) is 9.72 Å². The van der Waals surface area contributed by atoms with Crippen LogP contribution in [0, 0.1) is 5.82 Å². The van der Waals surface area contributed by atoms with Gasteiger partial charge in [-0.2, -0.15) is 0 Å². The van der Waals surface area contributed by atoms with Crippen molar-refractivity contribution in [1.29, 1.82) is 0 Å². The molecule has 5 nitrogen and oxygen atoms in total. The van der Waals surface area contributed by atoms with Crippen molar-refractivity contribution in [2.24, 2.45) is 0 Å². The van der Waals surface area contributed by atoms with Gasteiger partial charge >= 0.3 is 0 Å². The summed E-state index contributed by atoms with van der Waals surface area (Å²) in [6.45, 7) is 2.49. The van der Waals surface area contributed by atoms with E-state index in [2.05, 4.69) is 16.3 Å². The first-order valence-corrected chi connectivity index (χ1v) is 11.4. The molecule has 2 N–H and O–H groups in total. The molecule has 2 heterocycles. The number of hydrogen-bond donors (Lipinski definition) is 2. The Morgan fingerprint density at radius 1 is 1.17 bits per heavy atom. The Hall–Kier alpha value is -2.54. The molecular formula is C23H28FN3O2S. The van der Waals surface area contributed by atoms with Crippen molar-refractivity contribution in [3.05, 3.63) is 41.7 Å². The Labute approximate surface area is 180 Å². The largest absolute Gasteiger partial charge is 0.505 e. The minimum atomic E-state index is -0.262. The molecule has 1 aliphatic rings. The van der Waals surface area contributed by atoms with E-state index in [-0.39, 0.29) is 5.82 Å². The number of aromatic hydroxyl groups is 1. The van der Waals surface area contributed by atoms with Gasteiger partial charge in [-0.1, -0.05) is 11.3 Å². The zero-order valence-electron chi connectivity index (χ0n) is 17.3. The first kappa shape index (κ1) is 20.7. The monoisotopic (exact) mass is 429 g/mol. The van der Waals surface area contributed by atoms with Crippen LogP contribution in [0.5, 0.6) is 11.5 Å². The number of halogens is 1. The first-order valence-electron chi connectivity index (χ1n) is 10.6. The topological polar surface area (TPSA) is 57.6 Å². The number of piperidine rings is 1. The van der Waals surface area contributed by atoms with Gasteiger partial charge in [-0.05, 0) is 74.4 Å². The van der Waals surface area contributed by atoms with E-state index in [1.807, 2.05) is 7.05 Å². The van der Waals surface area contributed by atoms with Crippen molar-refractivity contribution >= 4 is 32.4 Å². The van der Waals surface area contributed by atoms with Crippen LogP contribution in [0.1, 0.15) is 37.7 Å². The van der Waals surface area contributed by atoms with Gasteiger partial charge in [0.25, 0.3) is 0 Å². The number of rotatable bonds is 8. The van der Waals surface area contributed by atoms with Gasteiger partial charge in [0.1, 0.15) is 28.5 Å². The van der Waals surface area contributed by atoms with Crippen molar-refractivity contribution in [2.45, 2.75) is 38.5 Å². The Kier molecular flexibility index (Phi) is 6.57. The van der Waals surface area contributed by atoms with Crippen LogP contribution in [-0.4, -0.2) is 36.8 Å². The van der Waals surface area contributed by atoms with Crippen LogP contribution in [-0.2, 0) is 6.42 Å². The van der Waals surface area contributed by atoms with E-state index in [0.717, 1.165) is 71.8 Å². The van der Waals surface area contributed by atoms with Crippen LogP contribution in [0.3, 0.4) is 0 Å². The summed E-state index contributed by atoms with van der Waals surface area (Å²) in [5.74, 6) is 0.788. The van der Waals surface area contributed by atoms with Gasteiger partial charge in [0, 0.05) is 20.1 Å². The number of ether oxygens (including phenoxy) is 1. The average molecular weight is 430 g/mol. The maximum atomic E-state index is 13.0. The predicted molar refractivity (Wildman–Crippen MR) is 122 cm³/mol. The number of nitrogens with one attached hydrogen (secondary N) is 1. The summed E-state index contributed by atoms with van der Waals surface area (Å²) in [6, 6.07) is 8.17. The summed E-state index contributed by atoms with van der Waals surface area (Å²) in [5.41, 5.74) is 2.76. The van der Waals surface area contributed by atoms with Crippen LogP contribution in [0.25, 0.3) is 10.2 Å². The Balaban J connectivity index is 1.46. The first-order chi connectivity index (χ1) is 14.7. The molecule has 2 aromatic carbocycles. The summed E-state index contributed by atoms with van der Waals surface area (Å²) < 4.78 is 19.8. The van der Waals surface area contributed by atoms with Crippen LogP contribution < -0.4 is 15.0 Å². The number of thiazole rings is 1. The van der Waals surface area contributed by atoms with Crippen LogP contribution in [0.15, 0.2) is 30.3 Å². The zero-order valence-corrected chi connectivity index (χ0v) is 18.1. The molecule has 0 aliphatic carbocycles. The van der Waals surface area contributed by atoms with Crippen molar-refractivity contribution in [3.63, 3.8) is 0 Å². The zero-order chi connectivity index (χ0) is 20.9. The van der Waals surface area contributed by atoms with Crippen LogP contribution in [0.4, 0.5) is 15.2 Å². The molecule has 4 rings (SSSR count). The molecule has 1 aromatic heterocycles. The molecule has 7 heteroatoms. The van der Waals surface area contributed by atoms with Crippen molar-refractivity contribution in [3.8, 4) is 11.5 Å². The van der Waals surface area contributed by atoms with Gasteiger partial charge in [-0.25, -0.2) is 9.37 Å². The minimum Gasteiger partial charge on any atom is -0.505 e. The number of anilines is 2. The highest BCUT2D eigenvalue weighted by molar-refractivity contribution is 7.22. The molecule has 0 saturated carbocycles. The fraction of sp³-hybridized carbons (Fsp3) is 0.435. The highest BCUT2D eigenvalue weighted by atomic mass is 32.1. The average Bonchev–Trinajstić information content (AvgIpc) is 3.18. The molecule has 30 heavy (non-hydrogen) atoms. The molecule has 0 amide bonds. The molecule has 0 radical (unpaired) electrons. The van der Waals surface area contributed by atoms with E-state index >= 15 is 0 Å². The molecule has 160 valence electrons. The lowest BCUT2D eigenvalue weighted by molar-refractivity contribution is 0.306. The van der Waals surface area contributed by atoms with Crippen LogP contribution in [0.2, 0.25) is 0 Å². The third kappa shape index (κ3) is 4.61. The molecule has 1 saturated heterocycles. The van der Waals surface area contributed by atoms with E-state index in [1.54, 1.807) is 23.5 Å². The number of phenols is 1. The van der Waals surface area contributed by atoms with Gasteiger partial charge in [-0.15, -0.1) is 0 Å². The summed E-state index contributed by atoms with van der Waals surface area (Å²) in [4.78, 5) is 7.01. The molecule has 1 fully saturated rings. The highest BCUT2D eigenvalue weighted by Crippen LogP contribution is 2.43. The third-order valence-electron chi connectivity index (χ3n) is 5.52. The van der Waals surface area contributed by atoms with Crippen molar-refractivity contribution in [2.75, 3.05) is 37.0 Å². The Morgan fingerprint density at radius 3 is 2.67 bits per heavy atom. The fourth-order valence-electron chi connectivity index (χ4n) is 3.94. The second kappa shape index (κ2) is 9.51. The lowest BCUT2D eigenvalue weighted by Gasteiger charge is -2.30. The number of aromatic nitrogens is 1.